The molecule has 0 aliphatic carbocycles. The summed E-state index contributed by atoms with van der Waals surface area (Å²) in [5.74, 6) is 0. The van der Waals surface area contributed by atoms with Gasteiger partial charge in [-0.05, 0) is 38.1 Å². The van der Waals surface area contributed by atoms with Crippen molar-refractivity contribution in [3.8, 4) is 0 Å². The topological polar surface area (TPSA) is 24.5 Å². The van der Waals surface area contributed by atoms with Crippen molar-refractivity contribution in [1.82, 2.24) is 10.2 Å². The van der Waals surface area contributed by atoms with Gasteiger partial charge in [0.1, 0.15) is 0 Å². The highest BCUT2D eigenvalue weighted by Crippen LogP contribution is 2.19. The molecule has 0 aromatic rings. The van der Waals surface area contributed by atoms with Crippen molar-refractivity contribution in [2.24, 2.45) is 5.41 Å². The molecule has 1 rings (SSSR count). The molecular weight excluding hydrogens is 224 g/mol. The summed E-state index contributed by atoms with van der Waals surface area (Å²) in [4.78, 5) is 2.58. The Bertz CT molecular complexity index is 225. The molecule has 1 aliphatic rings. The van der Waals surface area contributed by atoms with Crippen LogP contribution in [0.2, 0.25) is 0 Å². The lowest BCUT2D eigenvalue weighted by atomic mass is 9.92. The molecule has 0 aromatic heterocycles. The van der Waals surface area contributed by atoms with Gasteiger partial charge in [0.05, 0.1) is 6.10 Å². The van der Waals surface area contributed by atoms with Crippen molar-refractivity contribution in [2.75, 3.05) is 33.3 Å². The first-order chi connectivity index (χ1) is 8.42. The molecule has 3 nitrogen and oxygen atoms in total. The molecule has 0 spiro atoms. The van der Waals surface area contributed by atoms with Gasteiger partial charge in [-0.25, -0.2) is 0 Å². The van der Waals surface area contributed by atoms with Gasteiger partial charge >= 0.3 is 0 Å². The lowest BCUT2D eigenvalue weighted by molar-refractivity contribution is 0.0165. The van der Waals surface area contributed by atoms with E-state index in [1.54, 1.807) is 0 Å². The van der Waals surface area contributed by atoms with Crippen molar-refractivity contribution in [1.29, 1.82) is 0 Å². The van der Waals surface area contributed by atoms with Gasteiger partial charge in [0.25, 0.3) is 0 Å². The quantitative estimate of drug-likeness (QED) is 0.739. The highest BCUT2D eigenvalue weighted by atomic mass is 16.5. The van der Waals surface area contributed by atoms with Gasteiger partial charge in [-0.3, -0.25) is 4.90 Å². The van der Waals surface area contributed by atoms with E-state index in [0.29, 0.717) is 17.6 Å². The smallest absolute Gasteiger partial charge is 0.0598 e. The number of nitrogens with one attached hydrogen (secondary N) is 1. The number of nitrogens with zero attached hydrogens (tertiary/aromatic N) is 1. The third kappa shape index (κ3) is 6.17. The van der Waals surface area contributed by atoms with Crippen molar-refractivity contribution in [2.45, 2.75) is 59.1 Å². The molecule has 1 fully saturated rings. The maximum absolute atomic E-state index is 5.45. The summed E-state index contributed by atoms with van der Waals surface area (Å²) >= 11 is 0. The zero-order valence-corrected chi connectivity index (χ0v) is 13.0. The first-order valence-corrected chi connectivity index (χ1v) is 7.40. The maximum atomic E-state index is 5.45. The van der Waals surface area contributed by atoms with Crippen LogP contribution in [-0.4, -0.2) is 50.3 Å². The summed E-state index contributed by atoms with van der Waals surface area (Å²) in [6, 6.07) is 0.660. The summed E-state index contributed by atoms with van der Waals surface area (Å²) in [6.07, 6.45) is 4.08. The Morgan fingerprint density at radius 3 is 2.56 bits per heavy atom. The van der Waals surface area contributed by atoms with Crippen molar-refractivity contribution < 1.29 is 4.74 Å². The summed E-state index contributed by atoms with van der Waals surface area (Å²) in [6.45, 7) is 13.8. The zero-order chi connectivity index (χ0) is 13.6. The van der Waals surface area contributed by atoms with Gasteiger partial charge in [-0.15, -0.1) is 0 Å². The van der Waals surface area contributed by atoms with E-state index in [-0.39, 0.29) is 0 Å². The fourth-order valence-corrected chi connectivity index (χ4v) is 2.53. The second kappa shape index (κ2) is 7.46. The van der Waals surface area contributed by atoms with E-state index in [9.17, 15) is 0 Å². The number of likely N-dealkylation sites (tertiary alicyclic amines) is 1. The third-order valence-corrected chi connectivity index (χ3v) is 3.93. The largest absolute Gasteiger partial charge is 0.381 e. The maximum Gasteiger partial charge on any atom is 0.0598 e. The van der Waals surface area contributed by atoms with Gasteiger partial charge in [0.2, 0.25) is 0 Å². The Hall–Kier alpha value is -0.120. The number of hydrogen-bond acceptors (Lipinski definition) is 3. The molecular formula is C15H32N2O. The van der Waals surface area contributed by atoms with E-state index in [4.69, 9.17) is 4.74 Å². The minimum absolute atomic E-state index is 0.442. The minimum Gasteiger partial charge on any atom is -0.381 e. The average Bonchev–Trinajstić information content (AvgIpc) is 2.29. The van der Waals surface area contributed by atoms with E-state index in [0.717, 1.165) is 13.1 Å². The Morgan fingerprint density at radius 2 is 2.00 bits per heavy atom. The van der Waals surface area contributed by atoms with E-state index in [2.05, 4.69) is 37.9 Å². The molecule has 0 radical (unpaired) electrons. The Kier molecular flexibility index (Phi) is 6.61. The summed E-state index contributed by atoms with van der Waals surface area (Å²) in [5.41, 5.74) is 0.442. The van der Waals surface area contributed by atoms with Crippen LogP contribution in [0, 0.1) is 5.41 Å². The number of rotatable bonds is 6. The summed E-state index contributed by atoms with van der Waals surface area (Å²) in [7, 11) is 1.83. The number of piperidine rings is 1. The molecule has 2 atom stereocenters. The van der Waals surface area contributed by atoms with E-state index in [1.807, 2.05) is 7.11 Å². The molecule has 0 aromatic carbocycles. The van der Waals surface area contributed by atoms with E-state index in [1.165, 1.54) is 32.4 Å². The summed E-state index contributed by atoms with van der Waals surface area (Å²) in [5, 5.41) is 3.56. The zero-order valence-electron chi connectivity index (χ0n) is 13.0. The lowest BCUT2D eigenvalue weighted by Gasteiger charge is -2.37. The fraction of sp³-hybridized carbons (Fsp3) is 1.00. The molecule has 1 saturated heterocycles. The minimum atomic E-state index is 0.442. The van der Waals surface area contributed by atoms with Gasteiger partial charge in [-0.2, -0.15) is 0 Å². The van der Waals surface area contributed by atoms with Gasteiger partial charge in [-0.1, -0.05) is 20.8 Å². The van der Waals surface area contributed by atoms with Crippen LogP contribution in [0.4, 0.5) is 0 Å². The normalized spacial score (nSPS) is 26.5. The fourth-order valence-electron chi connectivity index (χ4n) is 2.53. The predicted molar refractivity (Wildman–Crippen MR) is 78.0 cm³/mol. The molecule has 18 heavy (non-hydrogen) atoms. The van der Waals surface area contributed by atoms with Crippen LogP contribution in [0.1, 0.15) is 47.0 Å². The van der Waals surface area contributed by atoms with Gasteiger partial charge in [0, 0.05) is 32.8 Å². The molecule has 0 amide bonds. The number of hydrogen-bond donors (Lipinski definition) is 1. The first-order valence-electron chi connectivity index (χ1n) is 7.40. The van der Waals surface area contributed by atoms with Crippen LogP contribution in [0.5, 0.6) is 0 Å². The van der Waals surface area contributed by atoms with E-state index < -0.39 is 0 Å². The molecule has 1 aliphatic heterocycles. The molecule has 108 valence electrons. The third-order valence-electron chi connectivity index (χ3n) is 3.93. The second-order valence-electron chi connectivity index (χ2n) is 6.83. The molecule has 0 saturated carbocycles. The van der Waals surface area contributed by atoms with Crippen molar-refractivity contribution in [3.63, 3.8) is 0 Å². The molecule has 3 heteroatoms. The van der Waals surface area contributed by atoms with Crippen molar-refractivity contribution in [3.05, 3.63) is 0 Å². The Labute approximate surface area is 113 Å². The van der Waals surface area contributed by atoms with Crippen molar-refractivity contribution >= 4 is 0 Å². The lowest BCUT2D eigenvalue weighted by Crippen LogP contribution is -2.45. The van der Waals surface area contributed by atoms with Crippen LogP contribution in [0.3, 0.4) is 0 Å². The SMILES string of the molecule is COC1CCN(CCNCCC(C)(C)C)C(C)C1. The standard InChI is InChI=1S/C15H32N2O/c1-13-12-14(18-5)6-10-17(13)11-9-16-8-7-15(2,3)4/h13-14,16H,6-12H2,1-5H3. The highest BCUT2D eigenvalue weighted by Gasteiger charge is 2.24. The van der Waals surface area contributed by atoms with Crippen LogP contribution < -0.4 is 5.32 Å². The van der Waals surface area contributed by atoms with Crippen LogP contribution in [0.15, 0.2) is 0 Å². The van der Waals surface area contributed by atoms with Gasteiger partial charge in [0.15, 0.2) is 0 Å². The van der Waals surface area contributed by atoms with Gasteiger partial charge < -0.3 is 10.1 Å². The molecule has 1 N–H and O–H groups in total. The monoisotopic (exact) mass is 256 g/mol. The first kappa shape index (κ1) is 15.9. The Morgan fingerprint density at radius 1 is 1.28 bits per heavy atom. The Balaban J connectivity index is 2.09. The average molecular weight is 256 g/mol. The molecule has 1 heterocycles. The number of ether oxygens (including phenoxy) is 1. The highest BCUT2D eigenvalue weighted by molar-refractivity contribution is 4.79. The molecule has 2 unspecified atom stereocenters. The van der Waals surface area contributed by atoms with Crippen LogP contribution >= 0.6 is 0 Å². The summed E-state index contributed by atoms with van der Waals surface area (Å²) < 4.78 is 5.45. The predicted octanol–water partition coefficient (Wildman–Crippen LogP) is 2.51. The number of methoxy groups -OCH3 is 1. The second-order valence-corrected chi connectivity index (χ2v) is 6.83. The van der Waals surface area contributed by atoms with Crippen LogP contribution in [-0.2, 0) is 4.74 Å². The van der Waals surface area contributed by atoms with E-state index >= 15 is 0 Å². The van der Waals surface area contributed by atoms with Crippen LogP contribution in [0.25, 0.3) is 0 Å². The molecule has 0 bridgehead atoms.